The highest BCUT2D eigenvalue weighted by atomic mass is 32.2. The van der Waals surface area contributed by atoms with Crippen LogP contribution in [0.1, 0.15) is 17.3 Å². The van der Waals surface area contributed by atoms with Crippen LogP contribution in [-0.2, 0) is 10.0 Å². The zero-order chi connectivity index (χ0) is 15.2. The van der Waals surface area contributed by atoms with E-state index in [-0.39, 0.29) is 23.5 Å². The molecule has 1 amide bonds. The number of nitrogens with one attached hydrogen (secondary N) is 3. The van der Waals surface area contributed by atoms with Crippen molar-refractivity contribution in [1.82, 2.24) is 10.0 Å². The quantitative estimate of drug-likeness (QED) is 0.686. The lowest BCUT2D eigenvalue weighted by Crippen LogP contribution is -2.33. The molecule has 112 valence electrons. The van der Waals surface area contributed by atoms with E-state index in [1.165, 1.54) is 25.2 Å². The number of halogens is 1. The van der Waals surface area contributed by atoms with Crippen molar-refractivity contribution in [3.8, 4) is 0 Å². The van der Waals surface area contributed by atoms with E-state index in [0.29, 0.717) is 6.54 Å². The summed E-state index contributed by atoms with van der Waals surface area (Å²) in [5, 5.41) is 5.23. The second-order valence-electron chi connectivity index (χ2n) is 3.97. The summed E-state index contributed by atoms with van der Waals surface area (Å²) in [5.74, 6) is -1.28. The van der Waals surface area contributed by atoms with Gasteiger partial charge in [-0.05, 0) is 26.1 Å². The lowest BCUT2D eigenvalue weighted by atomic mass is 10.1. The molecular weight excluding hydrogens is 285 g/mol. The average Bonchev–Trinajstić information content (AvgIpc) is 2.41. The van der Waals surface area contributed by atoms with Gasteiger partial charge >= 0.3 is 0 Å². The maximum atomic E-state index is 13.6. The Morgan fingerprint density at radius 3 is 2.65 bits per heavy atom. The van der Waals surface area contributed by atoms with Crippen molar-refractivity contribution in [2.45, 2.75) is 6.92 Å². The molecule has 0 heterocycles. The molecule has 0 unspecified atom stereocenters. The van der Waals surface area contributed by atoms with E-state index in [1.54, 1.807) is 6.92 Å². The Bertz CT molecular complexity index is 575. The van der Waals surface area contributed by atoms with Gasteiger partial charge in [-0.1, -0.05) is 6.07 Å². The molecule has 0 saturated carbocycles. The van der Waals surface area contributed by atoms with Gasteiger partial charge < -0.3 is 10.6 Å². The molecule has 1 rings (SSSR count). The van der Waals surface area contributed by atoms with Gasteiger partial charge in [0.25, 0.3) is 5.91 Å². The molecule has 3 N–H and O–H groups in total. The predicted molar refractivity (Wildman–Crippen MR) is 75.7 cm³/mol. The third-order valence-corrected chi connectivity index (χ3v) is 3.94. The number of benzene rings is 1. The van der Waals surface area contributed by atoms with Gasteiger partial charge in [-0.2, -0.15) is 0 Å². The van der Waals surface area contributed by atoms with Gasteiger partial charge in [-0.25, -0.2) is 17.5 Å². The van der Waals surface area contributed by atoms with Gasteiger partial charge in [0.1, 0.15) is 5.82 Å². The number of hydrogen-bond donors (Lipinski definition) is 3. The highest BCUT2D eigenvalue weighted by Gasteiger charge is 2.15. The highest BCUT2D eigenvalue weighted by Crippen LogP contribution is 2.19. The van der Waals surface area contributed by atoms with Crippen molar-refractivity contribution in [2.24, 2.45) is 0 Å². The Morgan fingerprint density at radius 1 is 1.35 bits per heavy atom. The van der Waals surface area contributed by atoms with Crippen LogP contribution in [0.3, 0.4) is 0 Å². The van der Waals surface area contributed by atoms with Gasteiger partial charge in [0.05, 0.1) is 17.0 Å². The third-order valence-electron chi connectivity index (χ3n) is 2.58. The van der Waals surface area contributed by atoms with E-state index in [9.17, 15) is 17.6 Å². The number of hydrogen-bond acceptors (Lipinski definition) is 4. The second kappa shape index (κ2) is 7.20. The van der Waals surface area contributed by atoms with Crippen LogP contribution in [0.5, 0.6) is 0 Å². The minimum atomic E-state index is -3.38. The number of carbonyl (C=O) groups excluding carboxylic acids is 1. The first-order valence-corrected chi connectivity index (χ1v) is 7.78. The van der Waals surface area contributed by atoms with Gasteiger partial charge in [-0.3, -0.25) is 4.79 Å². The van der Waals surface area contributed by atoms with Gasteiger partial charge in [-0.15, -0.1) is 0 Å². The molecule has 0 fully saturated rings. The third kappa shape index (κ3) is 4.46. The van der Waals surface area contributed by atoms with Crippen molar-refractivity contribution in [1.29, 1.82) is 0 Å². The van der Waals surface area contributed by atoms with Gasteiger partial charge in [0.15, 0.2) is 0 Å². The number of amides is 1. The molecule has 8 heteroatoms. The molecule has 1 aromatic rings. The topological polar surface area (TPSA) is 87.3 Å². The van der Waals surface area contributed by atoms with E-state index in [1.807, 2.05) is 0 Å². The lowest BCUT2D eigenvalue weighted by molar-refractivity contribution is 0.0956. The fraction of sp³-hybridized carbons (Fsp3) is 0.417. The Kier molecular flexibility index (Phi) is 5.90. The minimum absolute atomic E-state index is 0.0515. The second-order valence-corrected chi connectivity index (χ2v) is 6.02. The molecule has 0 aliphatic rings. The highest BCUT2D eigenvalue weighted by molar-refractivity contribution is 7.89. The summed E-state index contributed by atoms with van der Waals surface area (Å²) >= 11 is 0. The summed E-state index contributed by atoms with van der Waals surface area (Å²) in [6.45, 7) is 2.20. The molecule has 0 atom stereocenters. The fourth-order valence-corrected chi connectivity index (χ4v) is 2.14. The zero-order valence-electron chi connectivity index (χ0n) is 11.4. The molecule has 0 saturated heterocycles. The van der Waals surface area contributed by atoms with E-state index in [2.05, 4.69) is 15.4 Å². The maximum absolute atomic E-state index is 13.6. The van der Waals surface area contributed by atoms with Gasteiger partial charge in [0, 0.05) is 13.1 Å². The molecule has 6 nitrogen and oxygen atoms in total. The SMILES string of the molecule is CCNc1c(F)cccc1C(=O)NCCS(=O)(=O)NC. The first-order valence-electron chi connectivity index (χ1n) is 6.13. The zero-order valence-corrected chi connectivity index (χ0v) is 12.2. The molecule has 0 aliphatic heterocycles. The van der Waals surface area contributed by atoms with Crippen LogP contribution in [-0.4, -0.2) is 40.2 Å². The Morgan fingerprint density at radius 2 is 2.05 bits per heavy atom. The molecule has 0 radical (unpaired) electrons. The Labute approximate surface area is 117 Å². The van der Waals surface area contributed by atoms with E-state index >= 15 is 0 Å². The molecule has 0 bridgehead atoms. The minimum Gasteiger partial charge on any atom is -0.382 e. The van der Waals surface area contributed by atoms with Crippen LogP contribution in [0.4, 0.5) is 10.1 Å². The monoisotopic (exact) mass is 303 g/mol. The lowest BCUT2D eigenvalue weighted by Gasteiger charge is -2.12. The van der Waals surface area contributed by atoms with Crippen LogP contribution >= 0.6 is 0 Å². The predicted octanol–water partition coefficient (Wildman–Crippen LogP) is 0.536. The normalized spacial score (nSPS) is 11.2. The van der Waals surface area contributed by atoms with Gasteiger partial charge in [0.2, 0.25) is 10.0 Å². The van der Waals surface area contributed by atoms with Crippen molar-refractivity contribution < 1.29 is 17.6 Å². The van der Waals surface area contributed by atoms with E-state index < -0.39 is 21.7 Å². The molecule has 1 aromatic carbocycles. The summed E-state index contributed by atoms with van der Waals surface area (Å²) in [4.78, 5) is 11.9. The van der Waals surface area contributed by atoms with Crippen LogP contribution in [0, 0.1) is 5.82 Å². The largest absolute Gasteiger partial charge is 0.382 e. The number of anilines is 1. The first kappa shape index (κ1) is 16.4. The van der Waals surface area contributed by atoms with Crippen molar-refractivity contribution in [3.63, 3.8) is 0 Å². The average molecular weight is 303 g/mol. The van der Waals surface area contributed by atoms with E-state index in [0.717, 1.165) is 0 Å². The van der Waals surface area contributed by atoms with Crippen molar-refractivity contribution >= 4 is 21.6 Å². The van der Waals surface area contributed by atoms with Crippen molar-refractivity contribution in [3.05, 3.63) is 29.6 Å². The van der Waals surface area contributed by atoms with Crippen molar-refractivity contribution in [2.75, 3.05) is 31.2 Å². The number of sulfonamides is 1. The van der Waals surface area contributed by atoms with Crippen LogP contribution in [0.25, 0.3) is 0 Å². The standard InChI is InChI=1S/C12H18FN3O3S/c1-3-15-11-9(5-4-6-10(11)13)12(17)16-7-8-20(18,19)14-2/h4-6,14-15H,3,7-8H2,1-2H3,(H,16,17). The summed E-state index contributed by atoms with van der Waals surface area (Å²) in [7, 11) is -2.08. The smallest absolute Gasteiger partial charge is 0.253 e. The number of para-hydroxylation sites is 1. The number of rotatable bonds is 7. The number of carbonyl (C=O) groups is 1. The molecule has 0 spiro atoms. The molecular formula is C12H18FN3O3S. The fourth-order valence-electron chi connectivity index (χ4n) is 1.57. The molecule has 0 aliphatic carbocycles. The Balaban J connectivity index is 2.75. The summed E-state index contributed by atoms with van der Waals surface area (Å²) < 4.78 is 38.2. The summed E-state index contributed by atoms with van der Waals surface area (Å²) in [5.41, 5.74) is 0.262. The van der Waals surface area contributed by atoms with Crippen LogP contribution < -0.4 is 15.4 Å². The Hall–Kier alpha value is -1.67. The molecule has 0 aromatic heterocycles. The summed E-state index contributed by atoms with van der Waals surface area (Å²) in [6, 6.07) is 4.15. The first-order chi connectivity index (χ1) is 9.41. The van der Waals surface area contributed by atoms with Crippen LogP contribution in [0.2, 0.25) is 0 Å². The maximum Gasteiger partial charge on any atom is 0.253 e. The molecule has 20 heavy (non-hydrogen) atoms. The summed E-state index contributed by atoms with van der Waals surface area (Å²) in [6.07, 6.45) is 0. The van der Waals surface area contributed by atoms with Crippen LogP contribution in [0.15, 0.2) is 18.2 Å². The van der Waals surface area contributed by atoms with E-state index in [4.69, 9.17) is 0 Å².